The number of anilines is 1. The molecule has 0 aliphatic heterocycles. The maximum absolute atomic E-state index is 6.11. The Kier molecular flexibility index (Phi) is 5.99. The van der Waals surface area contributed by atoms with Crippen LogP contribution < -0.4 is 15.4 Å². The van der Waals surface area contributed by atoms with E-state index in [1.54, 1.807) is 7.11 Å². The zero-order chi connectivity index (χ0) is 13.5. The van der Waals surface area contributed by atoms with Crippen LogP contribution in [0.5, 0.6) is 5.75 Å². The first-order valence-corrected chi connectivity index (χ1v) is 6.83. The van der Waals surface area contributed by atoms with Crippen molar-refractivity contribution in [3.05, 3.63) is 23.8 Å². The lowest BCUT2D eigenvalue weighted by molar-refractivity contribution is 0.407. The fraction of sp³-hybridized carbons (Fsp3) is 0.600. The zero-order valence-corrected chi connectivity index (χ0v) is 12.1. The Bertz CT molecular complexity index is 364. The third kappa shape index (κ3) is 3.39. The van der Waals surface area contributed by atoms with Gasteiger partial charge in [-0.3, -0.25) is 0 Å². The molecule has 0 aliphatic carbocycles. The second kappa shape index (κ2) is 7.27. The van der Waals surface area contributed by atoms with Gasteiger partial charge in [-0.05, 0) is 32.4 Å². The van der Waals surface area contributed by atoms with Gasteiger partial charge < -0.3 is 15.4 Å². The topological polar surface area (TPSA) is 38.5 Å². The first-order valence-electron chi connectivity index (χ1n) is 6.83. The minimum atomic E-state index is -0.0215. The molecule has 0 saturated carbocycles. The Hall–Kier alpha value is -1.22. The van der Waals surface area contributed by atoms with Crippen LogP contribution in [0.4, 0.5) is 5.69 Å². The molecular weight excluding hydrogens is 224 g/mol. The lowest BCUT2D eigenvalue weighted by Crippen LogP contribution is -2.26. The van der Waals surface area contributed by atoms with Crippen molar-refractivity contribution in [2.24, 2.45) is 5.73 Å². The van der Waals surface area contributed by atoms with Gasteiger partial charge in [0.2, 0.25) is 0 Å². The number of rotatable bonds is 7. The summed E-state index contributed by atoms with van der Waals surface area (Å²) in [6.45, 7) is 8.47. The number of nitrogens with two attached hydrogens (primary N) is 1. The number of benzene rings is 1. The average molecular weight is 250 g/mol. The van der Waals surface area contributed by atoms with Crippen LogP contribution in [-0.4, -0.2) is 20.2 Å². The fourth-order valence-corrected chi connectivity index (χ4v) is 2.24. The smallest absolute Gasteiger partial charge is 0.125 e. The summed E-state index contributed by atoms with van der Waals surface area (Å²) in [5, 5.41) is 0. The summed E-state index contributed by atoms with van der Waals surface area (Å²) in [6.07, 6.45) is 2.40. The summed E-state index contributed by atoms with van der Waals surface area (Å²) in [6, 6.07) is 6.14. The third-order valence-electron chi connectivity index (χ3n) is 3.22. The van der Waals surface area contributed by atoms with Gasteiger partial charge in [0.1, 0.15) is 5.75 Å². The van der Waals surface area contributed by atoms with Gasteiger partial charge in [-0.15, -0.1) is 0 Å². The minimum absolute atomic E-state index is 0.0215. The number of hydrogen-bond donors (Lipinski definition) is 1. The van der Waals surface area contributed by atoms with Crippen molar-refractivity contribution in [1.29, 1.82) is 0 Å². The summed E-state index contributed by atoms with van der Waals surface area (Å²) in [4.78, 5) is 2.38. The molecule has 0 saturated heterocycles. The summed E-state index contributed by atoms with van der Waals surface area (Å²) in [5.41, 5.74) is 8.42. The molecule has 102 valence electrons. The van der Waals surface area contributed by atoms with Gasteiger partial charge in [0.15, 0.2) is 0 Å². The van der Waals surface area contributed by atoms with Crippen LogP contribution in [0.15, 0.2) is 18.2 Å². The largest absolute Gasteiger partial charge is 0.496 e. The Morgan fingerprint density at radius 1 is 1.33 bits per heavy atom. The van der Waals surface area contributed by atoms with E-state index in [4.69, 9.17) is 10.5 Å². The van der Waals surface area contributed by atoms with Crippen LogP contribution in [-0.2, 0) is 0 Å². The minimum Gasteiger partial charge on any atom is -0.496 e. The van der Waals surface area contributed by atoms with Crippen molar-refractivity contribution in [3.63, 3.8) is 0 Å². The molecule has 0 radical (unpaired) electrons. The standard InChI is InChI=1S/C15H26N2O/c1-5-7-11-17(6-2)13-9-8-10-14(18-4)15(13)12(3)16/h8-10,12H,5-7,11,16H2,1-4H3/t12-/m0/s1. The molecule has 1 rings (SSSR count). The highest BCUT2D eigenvalue weighted by molar-refractivity contribution is 5.60. The van der Waals surface area contributed by atoms with Gasteiger partial charge in [-0.2, -0.15) is 0 Å². The van der Waals surface area contributed by atoms with Gasteiger partial charge in [0.25, 0.3) is 0 Å². The van der Waals surface area contributed by atoms with Gasteiger partial charge in [0, 0.05) is 30.4 Å². The number of hydrogen-bond acceptors (Lipinski definition) is 3. The second-order valence-corrected chi connectivity index (χ2v) is 4.61. The first-order chi connectivity index (χ1) is 8.65. The van der Waals surface area contributed by atoms with E-state index in [-0.39, 0.29) is 6.04 Å². The van der Waals surface area contributed by atoms with Crippen LogP contribution in [0, 0.1) is 0 Å². The van der Waals surface area contributed by atoms with Gasteiger partial charge >= 0.3 is 0 Å². The molecular formula is C15H26N2O. The molecule has 0 unspecified atom stereocenters. The fourth-order valence-electron chi connectivity index (χ4n) is 2.24. The van der Waals surface area contributed by atoms with E-state index in [1.807, 2.05) is 19.1 Å². The number of methoxy groups -OCH3 is 1. The van der Waals surface area contributed by atoms with E-state index in [9.17, 15) is 0 Å². The Morgan fingerprint density at radius 2 is 2.06 bits per heavy atom. The molecule has 0 heterocycles. The van der Waals surface area contributed by atoms with Crippen LogP contribution in [0.3, 0.4) is 0 Å². The summed E-state index contributed by atoms with van der Waals surface area (Å²) in [7, 11) is 1.70. The van der Waals surface area contributed by atoms with E-state index >= 15 is 0 Å². The molecule has 3 nitrogen and oxygen atoms in total. The molecule has 0 spiro atoms. The van der Waals surface area contributed by atoms with E-state index in [0.717, 1.165) is 24.4 Å². The second-order valence-electron chi connectivity index (χ2n) is 4.61. The number of unbranched alkanes of at least 4 members (excludes halogenated alkanes) is 1. The first kappa shape index (κ1) is 14.8. The summed E-state index contributed by atoms with van der Waals surface area (Å²) in [5.74, 6) is 0.887. The van der Waals surface area contributed by atoms with Gasteiger partial charge in [-0.1, -0.05) is 19.4 Å². The monoisotopic (exact) mass is 250 g/mol. The van der Waals surface area contributed by atoms with Crippen molar-refractivity contribution in [2.75, 3.05) is 25.1 Å². The molecule has 3 heteroatoms. The predicted octanol–water partition coefficient (Wildman–Crippen LogP) is 3.34. The van der Waals surface area contributed by atoms with E-state index in [0.29, 0.717) is 0 Å². The normalized spacial score (nSPS) is 12.3. The highest BCUT2D eigenvalue weighted by Gasteiger charge is 2.16. The Labute approximate surface area is 111 Å². The van der Waals surface area contributed by atoms with Crippen LogP contribution >= 0.6 is 0 Å². The molecule has 0 aromatic heterocycles. The number of ether oxygens (including phenoxy) is 1. The summed E-state index contributed by atoms with van der Waals surface area (Å²) >= 11 is 0. The van der Waals surface area contributed by atoms with Gasteiger partial charge in [0.05, 0.1) is 7.11 Å². The zero-order valence-electron chi connectivity index (χ0n) is 12.1. The molecule has 18 heavy (non-hydrogen) atoms. The lowest BCUT2D eigenvalue weighted by atomic mass is 10.0. The van der Waals surface area contributed by atoms with Crippen molar-refractivity contribution < 1.29 is 4.74 Å². The molecule has 1 atom stereocenters. The van der Waals surface area contributed by atoms with E-state index in [2.05, 4.69) is 24.8 Å². The number of nitrogens with zero attached hydrogens (tertiary/aromatic N) is 1. The SMILES string of the molecule is CCCCN(CC)c1cccc(OC)c1[C@H](C)N. The maximum Gasteiger partial charge on any atom is 0.125 e. The molecule has 1 aromatic carbocycles. The third-order valence-corrected chi connectivity index (χ3v) is 3.22. The van der Waals surface area contributed by atoms with Crippen LogP contribution in [0.1, 0.15) is 45.2 Å². The van der Waals surface area contributed by atoms with Gasteiger partial charge in [-0.25, -0.2) is 0 Å². The van der Waals surface area contributed by atoms with E-state index < -0.39 is 0 Å². The van der Waals surface area contributed by atoms with Crippen LogP contribution in [0.2, 0.25) is 0 Å². The van der Waals surface area contributed by atoms with Crippen molar-refractivity contribution in [2.45, 2.75) is 39.7 Å². The predicted molar refractivity (Wildman–Crippen MR) is 78.4 cm³/mol. The maximum atomic E-state index is 6.11. The quantitative estimate of drug-likeness (QED) is 0.806. The van der Waals surface area contributed by atoms with Crippen molar-refractivity contribution in [1.82, 2.24) is 0 Å². The highest BCUT2D eigenvalue weighted by atomic mass is 16.5. The highest BCUT2D eigenvalue weighted by Crippen LogP contribution is 2.33. The molecule has 0 fully saturated rings. The molecule has 2 N–H and O–H groups in total. The molecule has 1 aromatic rings. The van der Waals surface area contributed by atoms with Crippen LogP contribution in [0.25, 0.3) is 0 Å². The summed E-state index contributed by atoms with van der Waals surface area (Å²) < 4.78 is 5.44. The van der Waals surface area contributed by atoms with E-state index in [1.165, 1.54) is 18.5 Å². The van der Waals surface area contributed by atoms with Crippen molar-refractivity contribution in [3.8, 4) is 5.75 Å². The van der Waals surface area contributed by atoms with Crippen molar-refractivity contribution >= 4 is 5.69 Å². The molecule has 0 amide bonds. The molecule has 0 aliphatic rings. The Balaban J connectivity index is 3.12. The average Bonchev–Trinajstić information content (AvgIpc) is 2.38. The Morgan fingerprint density at radius 3 is 2.56 bits per heavy atom. The molecule has 0 bridgehead atoms. The lowest BCUT2D eigenvalue weighted by Gasteiger charge is -2.28.